The van der Waals surface area contributed by atoms with Crippen molar-refractivity contribution in [2.45, 2.75) is 72.4 Å². The lowest BCUT2D eigenvalue weighted by Gasteiger charge is -2.31. The standard InChI is InChI=1S/C18H35N5O3/c1-17(2,3)16(25)14(22-18(4,5)6)9-7-8-10-20-15(24)13-26-12-11-21-23-19/h14,22H,7-13H2,1-6H3,(H,20,24). The highest BCUT2D eigenvalue weighted by atomic mass is 16.5. The van der Waals surface area contributed by atoms with Crippen molar-refractivity contribution in [3.05, 3.63) is 10.4 Å². The molecule has 0 aliphatic carbocycles. The van der Waals surface area contributed by atoms with E-state index in [9.17, 15) is 9.59 Å². The minimum absolute atomic E-state index is 0.0440. The van der Waals surface area contributed by atoms with Crippen LogP contribution in [0.5, 0.6) is 0 Å². The maximum absolute atomic E-state index is 12.6. The summed E-state index contributed by atoms with van der Waals surface area (Å²) >= 11 is 0. The Hall–Kier alpha value is -1.63. The molecule has 0 saturated carbocycles. The average Bonchev–Trinajstić information content (AvgIpc) is 2.50. The molecule has 0 spiro atoms. The molecule has 0 aromatic carbocycles. The van der Waals surface area contributed by atoms with Gasteiger partial charge in [-0.2, -0.15) is 0 Å². The Labute approximate surface area is 157 Å². The molecule has 0 aliphatic heterocycles. The molecule has 150 valence electrons. The van der Waals surface area contributed by atoms with Crippen molar-refractivity contribution in [3.8, 4) is 0 Å². The predicted molar refractivity (Wildman–Crippen MR) is 103 cm³/mol. The summed E-state index contributed by atoms with van der Waals surface area (Å²) in [6.45, 7) is 12.9. The maximum Gasteiger partial charge on any atom is 0.245 e. The smallest absolute Gasteiger partial charge is 0.245 e. The highest BCUT2D eigenvalue weighted by molar-refractivity contribution is 5.88. The molecule has 0 radical (unpaired) electrons. The maximum atomic E-state index is 12.6. The molecule has 0 bridgehead atoms. The van der Waals surface area contributed by atoms with Crippen LogP contribution in [0.2, 0.25) is 0 Å². The number of azide groups is 1. The van der Waals surface area contributed by atoms with Crippen molar-refractivity contribution in [2.24, 2.45) is 10.5 Å². The number of rotatable bonds is 12. The van der Waals surface area contributed by atoms with Gasteiger partial charge in [-0.25, -0.2) is 0 Å². The highest BCUT2D eigenvalue weighted by Gasteiger charge is 2.31. The summed E-state index contributed by atoms with van der Waals surface area (Å²) in [5, 5.41) is 9.52. The molecule has 8 heteroatoms. The SMILES string of the molecule is CC(C)(C)NC(CCCCNC(=O)COCCN=[N+]=[N-])C(=O)C(C)(C)C. The van der Waals surface area contributed by atoms with Crippen LogP contribution >= 0.6 is 0 Å². The summed E-state index contributed by atoms with van der Waals surface area (Å²) in [6, 6.07) is -0.185. The van der Waals surface area contributed by atoms with E-state index in [1.54, 1.807) is 0 Å². The summed E-state index contributed by atoms with van der Waals surface area (Å²) in [5.74, 6) is 0.0194. The molecule has 0 rings (SSSR count). The topological polar surface area (TPSA) is 116 Å². The third kappa shape index (κ3) is 12.7. The molecule has 0 saturated heterocycles. The van der Waals surface area contributed by atoms with Gasteiger partial charge in [0.05, 0.1) is 12.6 Å². The van der Waals surface area contributed by atoms with Crippen LogP contribution in [0.4, 0.5) is 0 Å². The monoisotopic (exact) mass is 369 g/mol. The third-order valence-electron chi connectivity index (χ3n) is 3.54. The van der Waals surface area contributed by atoms with Crippen LogP contribution in [-0.2, 0) is 14.3 Å². The van der Waals surface area contributed by atoms with E-state index in [1.165, 1.54) is 0 Å². The summed E-state index contributed by atoms with van der Waals surface area (Å²) in [7, 11) is 0. The Morgan fingerprint density at radius 2 is 1.81 bits per heavy atom. The second-order valence-corrected chi connectivity index (χ2v) is 8.41. The van der Waals surface area contributed by atoms with Gasteiger partial charge in [0.1, 0.15) is 6.61 Å². The minimum Gasteiger partial charge on any atom is -0.372 e. The van der Waals surface area contributed by atoms with Crippen LogP contribution in [0.15, 0.2) is 5.11 Å². The van der Waals surface area contributed by atoms with Crippen molar-refractivity contribution in [1.82, 2.24) is 10.6 Å². The molecule has 0 aromatic rings. The van der Waals surface area contributed by atoms with Crippen LogP contribution in [0.25, 0.3) is 10.4 Å². The quantitative estimate of drug-likeness (QED) is 0.238. The molecule has 0 heterocycles. The molecule has 0 aromatic heterocycles. The van der Waals surface area contributed by atoms with Gasteiger partial charge in [-0.3, -0.25) is 9.59 Å². The fourth-order valence-electron chi connectivity index (χ4n) is 2.38. The Balaban J connectivity index is 4.13. The molecule has 0 aliphatic rings. The lowest BCUT2D eigenvalue weighted by atomic mass is 9.84. The van der Waals surface area contributed by atoms with Crippen LogP contribution in [0.3, 0.4) is 0 Å². The van der Waals surface area contributed by atoms with E-state index in [-0.39, 0.29) is 48.4 Å². The molecule has 26 heavy (non-hydrogen) atoms. The number of carbonyl (C=O) groups excluding carboxylic acids is 2. The van der Waals surface area contributed by atoms with Gasteiger partial charge < -0.3 is 15.4 Å². The number of hydrogen-bond donors (Lipinski definition) is 2. The molecular weight excluding hydrogens is 334 g/mol. The van der Waals surface area contributed by atoms with E-state index in [1.807, 2.05) is 20.8 Å². The van der Waals surface area contributed by atoms with E-state index in [0.29, 0.717) is 6.54 Å². The van der Waals surface area contributed by atoms with Gasteiger partial charge in [-0.1, -0.05) is 25.9 Å². The highest BCUT2D eigenvalue weighted by Crippen LogP contribution is 2.21. The van der Waals surface area contributed by atoms with Gasteiger partial charge in [-0.15, -0.1) is 0 Å². The van der Waals surface area contributed by atoms with Crippen molar-refractivity contribution >= 4 is 11.7 Å². The van der Waals surface area contributed by atoms with Gasteiger partial charge in [-0.05, 0) is 45.6 Å². The molecular formula is C18H35N5O3. The van der Waals surface area contributed by atoms with Gasteiger partial charge >= 0.3 is 0 Å². The number of carbonyl (C=O) groups is 2. The summed E-state index contributed by atoms with van der Waals surface area (Å²) in [4.78, 5) is 26.8. The van der Waals surface area contributed by atoms with Gasteiger partial charge in [0.15, 0.2) is 5.78 Å². The van der Waals surface area contributed by atoms with E-state index in [2.05, 4.69) is 41.4 Å². The average molecular weight is 370 g/mol. The lowest BCUT2D eigenvalue weighted by molar-refractivity contribution is -0.129. The van der Waals surface area contributed by atoms with Crippen LogP contribution in [0.1, 0.15) is 60.8 Å². The van der Waals surface area contributed by atoms with Crippen molar-refractivity contribution in [2.75, 3.05) is 26.3 Å². The molecule has 1 unspecified atom stereocenters. The summed E-state index contributed by atoms with van der Waals surface area (Å²) < 4.78 is 5.08. The Bertz CT molecular complexity index is 488. The number of hydrogen-bond acceptors (Lipinski definition) is 5. The molecule has 0 fully saturated rings. The van der Waals surface area contributed by atoms with Crippen LogP contribution < -0.4 is 10.6 Å². The minimum atomic E-state index is -0.385. The first-order valence-electron chi connectivity index (χ1n) is 9.14. The summed E-state index contributed by atoms with van der Waals surface area (Å²) in [6.07, 6.45) is 2.38. The summed E-state index contributed by atoms with van der Waals surface area (Å²) in [5.41, 5.74) is 7.60. The Kier molecular flexibility index (Phi) is 11.1. The van der Waals surface area contributed by atoms with Crippen LogP contribution in [-0.4, -0.2) is 49.6 Å². The van der Waals surface area contributed by atoms with Gasteiger partial charge in [0, 0.05) is 29.0 Å². The normalized spacial score (nSPS) is 13.0. The van der Waals surface area contributed by atoms with E-state index in [4.69, 9.17) is 10.3 Å². The second kappa shape index (κ2) is 11.9. The van der Waals surface area contributed by atoms with E-state index < -0.39 is 0 Å². The third-order valence-corrected chi connectivity index (χ3v) is 3.54. The molecule has 8 nitrogen and oxygen atoms in total. The van der Waals surface area contributed by atoms with Crippen molar-refractivity contribution in [3.63, 3.8) is 0 Å². The Morgan fingerprint density at radius 1 is 1.15 bits per heavy atom. The number of unbranched alkanes of at least 4 members (excludes halogenated alkanes) is 1. The number of Topliss-reactive ketones (excluding diaryl/α,β-unsaturated/α-hetero) is 1. The number of ether oxygens (including phenoxy) is 1. The largest absolute Gasteiger partial charge is 0.372 e. The number of amides is 1. The lowest BCUT2D eigenvalue weighted by Crippen LogP contribution is -2.50. The molecule has 1 atom stereocenters. The first-order valence-corrected chi connectivity index (χ1v) is 9.14. The van der Waals surface area contributed by atoms with E-state index in [0.717, 1.165) is 19.3 Å². The zero-order valence-electron chi connectivity index (χ0n) is 17.1. The zero-order chi connectivity index (χ0) is 20.2. The first kappa shape index (κ1) is 24.4. The number of nitrogens with one attached hydrogen (secondary N) is 2. The van der Waals surface area contributed by atoms with Crippen LogP contribution in [0, 0.1) is 5.41 Å². The zero-order valence-corrected chi connectivity index (χ0v) is 17.1. The molecule has 1 amide bonds. The van der Waals surface area contributed by atoms with Gasteiger partial charge in [0.2, 0.25) is 5.91 Å². The number of nitrogens with zero attached hydrogens (tertiary/aromatic N) is 3. The first-order chi connectivity index (χ1) is 12.0. The predicted octanol–water partition coefficient (Wildman–Crippen LogP) is 2.97. The van der Waals surface area contributed by atoms with E-state index >= 15 is 0 Å². The fraction of sp³-hybridized carbons (Fsp3) is 0.889. The Morgan fingerprint density at radius 3 is 2.35 bits per heavy atom. The number of ketones is 1. The van der Waals surface area contributed by atoms with Gasteiger partial charge in [0.25, 0.3) is 0 Å². The molecule has 2 N–H and O–H groups in total. The van der Waals surface area contributed by atoms with Crippen molar-refractivity contribution in [1.29, 1.82) is 0 Å². The second-order valence-electron chi connectivity index (χ2n) is 8.41. The fourth-order valence-corrected chi connectivity index (χ4v) is 2.38. The van der Waals surface area contributed by atoms with Crippen molar-refractivity contribution < 1.29 is 14.3 Å².